The Morgan fingerprint density at radius 2 is 1.95 bits per heavy atom. The summed E-state index contributed by atoms with van der Waals surface area (Å²) in [6.07, 6.45) is 3.17. The summed E-state index contributed by atoms with van der Waals surface area (Å²) in [7, 11) is 0. The summed E-state index contributed by atoms with van der Waals surface area (Å²) in [6, 6.07) is 7.33. The fourth-order valence-electron chi connectivity index (χ4n) is 1.85. The van der Waals surface area contributed by atoms with Gasteiger partial charge in [-0.1, -0.05) is 24.3 Å². The first-order valence-electron chi connectivity index (χ1n) is 5.88. The van der Waals surface area contributed by atoms with Crippen molar-refractivity contribution in [3.8, 4) is 0 Å². The van der Waals surface area contributed by atoms with Crippen molar-refractivity contribution < 1.29 is 14.7 Å². The zero-order valence-electron chi connectivity index (χ0n) is 10.5. The van der Waals surface area contributed by atoms with Gasteiger partial charge in [0.25, 0.3) is 0 Å². The van der Waals surface area contributed by atoms with E-state index in [2.05, 4.69) is 5.10 Å². The van der Waals surface area contributed by atoms with Crippen LogP contribution in [0.15, 0.2) is 36.7 Å². The highest BCUT2D eigenvalue weighted by atomic mass is 16.4. The minimum Gasteiger partial charge on any atom is -0.481 e. The molecule has 2 rings (SSSR count). The molecule has 0 amide bonds. The lowest BCUT2D eigenvalue weighted by Gasteiger charge is -2.07. The third-order valence-corrected chi connectivity index (χ3v) is 2.83. The van der Waals surface area contributed by atoms with E-state index in [1.165, 1.54) is 13.1 Å². The number of hydrogen-bond donors (Lipinski definition) is 1. The van der Waals surface area contributed by atoms with Crippen molar-refractivity contribution in [2.24, 2.45) is 0 Å². The highest BCUT2D eigenvalue weighted by molar-refractivity contribution is 5.93. The van der Waals surface area contributed by atoms with Crippen LogP contribution in [0.5, 0.6) is 0 Å². The van der Waals surface area contributed by atoms with E-state index in [-0.39, 0.29) is 12.2 Å². The van der Waals surface area contributed by atoms with Crippen LogP contribution in [0.1, 0.15) is 28.4 Å². The number of carboxylic acid groups (broad SMARTS) is 1. The van der Waals surface area contributed by atoms with Gasteiger partial charge in [-0.05, 0) is 18.1 Å². The summed E-state index contributed by atoms with van der Waals surface area (Å²) >= 11 is 0. The van der Waals surface area contributed by atoms with Crippen molar-refractivity contribution in [2.75, 3.05) is 0 Å². The van der Waals surface area contributed by atoms with Crippen LogP contribution < -0.4 is 0 Å². The smallest absolute Gasteiger partial charge is 0.307 e. The molecule has 98 valence electrons. The predicted octanol–water partition coefficient (Wildman–Crippen LogP) is 1.76. The first kappa shape index (κ1) is 13.0. The van der Waals surface area contributed by atoms with Gasteiger partial charge >= 0.3 is 5.97 Å². The molecule has 5 heteroatoms. The molecule has 1 aromatic carbocycles. The van der Waals surface area contributed by atoms with Gasteiger partial charge in [0, 0.05) is 6.20 Å². The fourth-order valence-corrected chi connectivity index (χ4v) is 1.85. The minimum absolute atomic E-state index is 0.0169. The van der Waals surface area contributed by atoms with Crippen LogP contribution in [0.25, 0.3) is 0 Å². The Morgan fingerprint density at radius 3 is 2.53 bits per heavy atom. The van der Waals surface area contributed by atoms with E-state index in [0.29, 0.717) is 12.1 Å². The van der Waals surface area contributed by atoms with Gasteiger partial charge in [0.05, 0.1) is 24.7 Å². The van der Waals surface area contributed by atoms with Crippen LogP contribution in [0.2, 0.25) is 0 Å². The summed E-state index contributed by atoms with van der Waals surface area (Å²) in [6.45, 7) is 1.94. The van der Waals surface area contributed by atoms with Crippen molar-refractivity contribution in [2.45, 2.75) is 19.9 Å². The average molecular weight is 258 g/mol. The number of aliphatic carboxylic acids is 1. The van der Waals surface area contributed by atoms with Gasteiger partial charge < -0.3 is 5.11 Å². The number of carbonyl (C=O) groups excluding carboxylic acids is 1. The van der Waals surface area contributed by atoms with E-state index in [9.17, 15) is 9.59 Å². The second-order valence-electron chi connectivity index (χ2n) is 4.32. The van der Waals surface area contributed by atoms with Crippen LogP contribution >= 0.6 is 0 Å². The van der Waals surface area contributed by atoms with Crippen LogP contribution in [-0.2, 0) is 17.8 Å². The number of nitrogens with zero attached hydrogens (tertiary/aromatic N) is 2. The van der Waals surface area contributed by atoms with Gasteiger partial charge in [0.15, 0.2) is 5.78 Å². The Labute approximate surface area is 110 Å². The number of carboxylic acids is 1. The lowest BCUT2D eigenvalue weighted by atomic mass is 10.0. The lowest BCUT2D eigenvalue weighted by Crippen LogP contribution is -2.07. The highest BCUT2D eigenvalue weighted by Crippen LogP contribution is 2.12. The molecular formula is C14H14N2O3. The normalized spacial score (nSPS) is 10.4. The average Bonchev–Trinajstić information content (AvgIpc) is 2.80. The van der Waals surface area contributed by atoms with Crippen LogP contribution in [0, 0.1) is 0 Å². The zero-order valence-corrected chi connectivity index (χ0v) is 10.5. The molecular weight excluding hydrogens is 244 g/mol. The second kappa shape index (κ2) is 5.48. The van der Waals surface area contributed by atoms with Crippen molar-refractivity contribution in [1.29, 1.82) is 0 Å². The third-order valence-electron chi connectivity index (χ3n) is 2.83. The molecule has 0 radical (unpaired) electrons. The number of ketones is 1. The van der Waals surface area contributed by atoms with E-state index in [4.69, 9.17) is 5.11 Å². The minimum atomic E-state index is -0.864. The molecule has 5 nitrogen and oxygen atoms in total. The van der Waals surface area contributed by atoms with Crippen molar-refractivity contribution >= 4 is 11.8 Å². The van der Waals surface area contributed by atoms with E-state index in [1.807, 2.05) is 18.2 Å². The molecule has 0 spiro atoms. The Hall–Kier alpha value is -2.43. The maximum Gasteiger partial charge on any atom is 0.307 e. The molecule has 2 aromatic rings. The predicted molar refractivity (Wildman–Crippen MR) is 69.1 cm³/mol. The second-order valence-corrected chi connectivity index (χ2v) is 4.32. The number of Topliss-reactive ketones (excluding diaryl/α,β-unsaturated/α-hetero) is 1. The van der Waals surface area contributed by atoms with Crippen LogP contribution in [-0.4, -0.2) is 26.6 Å². The maximum absolute atomic E-state index is 11.2. The summed E-state index contributed by atoms with van der Waals surface area (Å²) in [5, 5.41) is 13.0. The number of rotatable bonds is 5. The van der Waals surface area contributed by atoms with Gasteiger partial charge in [-0.2, -0.15) is 5.10 Å². The summed E-state index contributed by atoms with van der Waals surface area (Å²) in [4.78, 5) is 22.0. The zero-order chi connectivity index (χ0) is 13.8. The largest absolute Gasteiger partial charge is 0.481 e. The molecule has 0 aliphatic carbocycles. The quantitative estimate of drug-likeness (QED) is 0.829. The Balaban J connectivity index is 2.22. The molecule has 0 aliphatic rings. The van der Waals surface area contributed by atoms with E-state index in [1.54, 1.807) is 16.9 Å². The van der Waals surface area contributed by atoms with Crippen LogP contribution in [0.4, 0.5) is 0 Å². The molecule has 0 saturated carbocycles. The molecule has 1 N–H and O–H groups in total. The number of aromatic nitrogens is 2. The monoisotopic (exact) mass is 258 g/mol. The number of hydrogen-bond acceptors (Lipinski definition) is 3. The van der Waals surface area contributed by atoms with Crippen LogP contribution in [0.3, 0.4) is 0 Å². The molecule has 19 heavy (non-hydrogen) atoms. The molecule has 0 atom stereocenters. The van der Waals surface area contributed by atoms with Gasteiger partial charge in [0.1, 0.15) is 0 Å². The Bertz CT molecular complexity index is 617. The fraction of sp³-hybridized carbons (Fsp3) is 0.214. The molecule has 0 saturated heterocycles. The first-order chi connectivity index (χ1) is 9.06. The first-order valence-corrected chi connectivity index (χ1v) is 5.88. The summed E-state index contributed by atoms with van der Waals surface area (Å²) < 4.78 is 1.64. The molecule has 0 aliphatic heterocycles. The molecule has 0 fully saturated rings. The molecule has 0 unspecified atom stereocenters. The van der Waals surface area contributed by atoms with Crippen molar-refractivity contribution in [1.82, 2.24) is 9.78 Å². The van der Waals surface area contributed by atoms with E-state index in [0.717, 1.165) is 11.1 Å². The highest BCUT2D eigenvalue weighted by Gasteiger charge is 2.08. The lowest BCUT2D eigenvalue weighted by molar-refractivity contribution is -0.136. The van der Waals surface area contributed by atoms with E-state index < -0.39 is 5.97 Å². The molecule has 1 aromatic heterocycles. The maximum atomic E-state index is 11.2. The molecule has 0 bridgehead atoms. The number of carbonyl (C=O) groups is 2. The molecule has 1 heterocycles. The third kappa shape index (κ3) is 3.28. The van der Waals surface area contributed by atoms with Gasteiger partial charge in [-0.15, -0.1) is 0 Å². The topological polar surface area (TPSA) is 72.2 Å². The van der Waals surface area contributed by atoms with Crippen molar-refractivity contribution in [3.05, 3.63) is 53.3 Å². The standard InChI is InChI=1S/C14H14N2O3/c1-10(17)13-7-15-16(9-13)8-12-5-3-2-4-11(12)6-14(18)19/h2-5,7,9H,6,8H2,1H3,(H,18,19). The van der Waals surface area contributed by atoms with Gasteiger partial charge in [0.2, 0.25) is 0 Å². The summed E-state index contributed by atoms with van der Waals surface area (Å²) in [5.74, 6) is -0.901. The van der Waals surface area contributed by atoms with Gasteiger partial charge in [-0.3, -0.25) is 14.3 Å². The van der Waals surface area contributed by atoms with Crippen molar-refractivity contribution in [3.63, 3.8) is 0 Å². The van der Waals surface area contributed by atoms with E-state index >= 15 is 0 Å². The Kier molecular flexibility index (Phi) is 3.75. The summed E-state index contributed by atoms with van der Waals surface area (Å²) in [5.41, 5.74) is 2.20. The van der Waals surface area contributed by atoms with Gasteiger partial charge in [-0.25, -0.2) is 0 Å². The Morgan fingerprint density at radius 1 is 1.26 bits per heavy atom. The SMILES string of the molecule is CC(=O)c1cnn(Cc2ccccc2CC(=O)O)c1. The number of benzene rings is 1.